The number of hydroxylamine groups is 2. The van der Waals surface area contributed by atoms with Gasteiger partial charge in [0.2, 0.25) is 5.09 Å². The van der Waals surface area contributed by atoms with E-state index in [-0.39, 0.29) is 6.42 Å². The molecule has 0 unspecified atom stereocenters. The van der Waals surface area contributed by atoms with Gasteiger partial charge in [0, 0.05) is 6.42 Å². The Morgan fingerprint density at radius 2 is 2.00 bits per heavy atom. The molecule has 6 nitrogen and oxygen atoms in total. The minimum atomic E-state index is -0.735. The number of carboxylic acid groups (broad SMARTS) is 1. The number of rotatable bonds is 9. The third-order valence-electron chi connectivity index (χ3n) is 3.28. The molecule has 23 heavy (non-hydrogen) atoms. The molecule has 1 aromatic rings. The van der Waals surface area contributed by atoms with Gasteiger partial charge < -0.3 is 14.7 Å². The highest BCUT2D eigenvalue weighted by Crippen LogP contribution is 2.31. The van der Waals surface area contributed by atoms with Gasteiger partial charge in [-0.1, -0.05) is 25.0 Å². The maximum atomic E-state index is 10.4. The summed E-state index contributed by atoms with van der Waals surface area (Å²) in [5.74, 6) is 0.0776. The molecule has 0 aliphatic carbocycles. The van der Waals surface area contributed by atoms with Crippen LogP contribution in [0, 0.1) is 0 Å². The quantitative estimate of drug-likeness (QED) is 0.541. The van der Waals surface area contributed by atoms with Crippen LogP contribution in [0.4, 0.5) is 0 Å². The van der Waals surface area contributed by atoms with Crippen LogP contribution in [-0.2, 0) is 13.9 Å². The van der Waals surface area contributed by atoms with Crippen molar-refractivity contribution in [2.75, 3.05) is 13.7 Å². The maximum absolute atomic E-state index is 10.4. The summed E-state index contributed by atoms with van der Waals surface area (Å²) in [5.41, 5.74) is 1.01. The van der Waals surface area contributed by atoms with E-state index in [4.69, 9.17) is 19.0 Å². The van der Waals surface area contributed by atoms with Gasteiger partial charge in [0.05, 0.1) is 25.7 Å². The number of carbonyl (C=O) groups is 1. The van der Waals surface area contributed by atoms with E-state index in [1.165, 1.54) is 17.3 Å². The van der Waals surface area contributed by atoms with Gasteiger partial charge >= 0.3 is 5.97 Å². The first kappa shape index (κ1) is 17.7. The first-order chi connectivity index (χ1) is 11.2. The van der Waals surface area contributed by atoms with Crippen molar-refractivity contribution in [2.45, 2.75) is 32.1 Å². The van der Waals surface area contributed by atoms with E-state index in [1.807, 2.05) is 30.3 Å². The summed E-state index contributed by atoms with van der Waals surface area (Å²) < 4.78 is 10.5. The van der Waals surface area contributed by atoms with Crippen molar-refractivity contribution < 1.29 is 23.8 Å². The molecule has 126 valence electrons. The van der Waals surface area contributed by atoms with Gasteiger partial charge in [-0.2, -0.15) is 4.28 Å². The van der Waals surface area contributed by atoms with Crippen LogP contribution in [0.3, 0.4) is 0 Å². The average Bonchev–Trinajstić information content (AvgIpc) is 2.98. The summed E-state index contributed by atoms with van der Waals surface area (Å²) >= 11 is 1.18. The summed E-state index contributed by atoms with van der Waals surface area (Å²) in [7, 11) is 1.64. The van der Waals surface area contributed by atoms with Crippen LogP contribution in [0.1, 0.15) is 37.7 Å². The summed E-state index contributed by atoms with van der Waals surface area (Å²) in [5, 5.41) is 10.7. The highest BCUT2D eigenvalue weighted by molar-refractivity contribution is 7.98. The number of unbranched alkanes of at least 4 members (excludes halogenated alkanes) is 3. The molecule has 1 heterocycles. The molecule has 0 radical (unpaired) electrons. The number of benzene rings is 1. The molecule has 1 N–H and O–H groups in total. The van der Waals surface area contributed by atoms with Crippen molar-refractivity contribution in [2.24, 2.45) is 0 Å². The zero-order chi connectivity index (χ0) is 16.5. The highest BCUT2D eigenvalue weighted by Gasteiger charge is 2.20. The molecule has 0 atom stereocenters. The monoisotopic (exact) mass is 339 g/mol. The molecule has 1 fully saturated rings. The topological polar surface area (TPSA) is 68.2 Å². The second-order valence-electron chi connectivity index (χ2n) is 5.10. The van der Waals surface area contributed by atoms with Crippen molar-refractivity contribution in [1.82, 2.24) is 5.23 Å². The Hall–Kier alpha value is -1.70. The summed E-state index contributed by atoms with van der Waals surface area (Å²) in [4.78, 5) is 16.0. The summed E-state index contributed by atoms with van der Waals surface area (Å²) in [6, 6.07) is 7.67. The molecule has 0 amide bonds. The number of ether oxygens (including phenoxy) is 1. The van der Waals surface area contributed by atoms with E-state index in [0.717, 1.165) is 30.6 Å². The van der Waals surface area contributed by atoms with Crippen LogP contribution in [0.15, 0.2) is 29.4 Å². The second-order valence-corrected chi connectivity index (χ2v) is 5.82. The Kier molecular flexibility index (Phi) is 7.25. The van der Waals surface area contributed by atoms with E-state index >= 15 is 0 Å². The lowest BCUT2D eigenvalue weighted by Gasteiger charge is -2.09. The molecule has 0 aromatic heterocycles. The smallest absolute Gasteiger partial charge is 0.303 e. The number of carboxylic acids is 1. The maximum Gasteiger partial charge on any atom is 0.303 e. The van der Waals surface area contributed by atoms with E-state index in [2.05, 4.69) is 0 Å². The Morgan fingerprint density at radius 3 is 2.70 bits per heavy atom. The molecule has 0 saturated carbocycles. The van der Waals surface area contributed by atoms with Crippen molar-refractivity contribution in [3.8, 4) is 5.75 Å². The molecule has 7 heteroatoms. The fourth-order valence-corrected chi connectivity index (χ4v) is 2.61. The lowest BCUT2D eigenvalue weighted by Crippen LogP contribution is -2.16. The SMILES string of the molecule is COc1ccc(/C=C2/ON(CCCCCCC(=O)O)OS2)cc1. The molecule has 2 rings (SSSR count). The third-order valence-corrected chi connectivity index (χ3v) is 3.87. The summed E-state index contributed by atoms with van der Waals surface area (Å²) in [6.45, 7) is 0.653. The Bertz CT molecular complexity index is 532. The number of nitrogens with zero attached hydrogens (tertiary/aromatic N) is 1. The number of aliphatic carboxylic acids is 1. The Balaban J connectivity index is 1.67. The van der Waals surface area contributed by atoms with Crippen molar-refractivity contribution in [1.29, 1.82) is 0 Å². The molecule has 1 aliphatic heterocycles. The lowest BCUT2D eigenvalue weighted by atomic mass is 10.1. The molecule has 0 bridgehead atoms. The molecule has 0 spiro atoms. The predicted molar refractivity (Wildman–Crippen MR) is 88.2 cm³/mol. The van der Waals surface area contributed by atoms with E-state index < -0.39 is 5.97 Å². The largest absolute Gasteiger partial charge is 0.497 e. The van der Waals surface area contributed by atoms with Gasteiger partial charge in [-0.3, -0.25) is 4.79 Å². The Morgan fingerprint density at radius 1 is 1.26 bits per heavy atom. The van der Waals surface area contributed by atoms with Crippen LogP contribution < -0.4 is 4.74 Å². The van der Waals surface area contributed by atoms with Crippen molar-refractivity contribution >= 4 is 24.1 Å². The van der Waals surface area contributed by atoms with Gasteiger partial charge in [-0.15, -0.1) is 0 Å². The third kappa shape index (κ3) is 6.52. The second kappa shape index (κ2) is 9.44. The van der Waals surface area contributed by atoms with Crippen LogP contribution in [0.25, 0.3) is 6.08 Å². The van der Waals surface area contributed by atoms with E-state index in [9.17, 15) is 4.79 Å². The molecule has 1 saturated heterocycles. The number of methoxy groups -OCH3 is 1. The number of hydrogen-bond donors (Lipinski definition) is 1. The zero-order valence-corrected chi connectivity index (χ0v) is 13.9. The zero-order valence-electron chi connectivity index (χ0n) is 13.1. The molecule has 1 aliphatic rings. The first-order valence-corrected chi connectivity index (χ1v) is 8.29. The highest BCUT2D eigenvalue weighted by atomic mass is 32.2. The Labute approximate surface area is 140 Å². The fourth-order valence-electron chi connectivity index (χ4n) is 2.05. The normalized spacial score (nSPS) is 16.5. The van der Waals surface area contributed by atoms with Crippen molar-refractivity contribution in [3.63, 3.8) is 0 Å². The van der Waals surface area contributed by atoms with Crippen LogP contribution in [-0.4, -0.2) is 30.0 Å². The summed E-state index contributed by atoms with van der Waals surface area (Å²) in [6.07, 6.45) is 5.61. The first-order valence-electron chi connectivity index (χ1n) is 7.55. The van der Waals surface area contributed by atoms with Gasteiger partial charge in [-0.25, -0.2) is 0 Å². The molecular weight excluding hydrogens is 318 g/mol. The lowest BCUT2D eigenvalue weighted by molar-refractivity contribution is -0.259. The molecule has 1 aromatic carbocycles. The van der Waals surface area contributed by atoms with Gasteiger partial charge in [0.25, 0.3) is 0 Å². The minimum Gasteiger partial charge on any atom is -0.497 e. The van der Waals surface area contributed by atoms with Gasteiger partial charge in [0.1, 0.15) is 5.75 Å². The van der Waals surface area contributed by atoms with Crippen LogP contribution >= 0.6 is 12.0 Å². The van der Waals surface area contributed by atoms with Crippen LogP contribution in [0.5, 0.6) is 5.75 Å². The minimum absolute atomic E-state index is 0.237. The average molecular weight is 339 g/mol. The standard InChI is InChI=1S/C16H21NO5S/c1-20-14-9-7-13(8-10-14)12-16-21-17(22-23-16)11-5-3-2-4-6-15(18)19/h7-10,12H,2-6,11H2,1H3,(H,18,19)/b16-12-. The fraction of sp³-hybridized carbons (Fsp3) is 0.438. The van der Waals surface area contributed by atoms with Crippen LogP contribution in [0.2, 0.25) is 0 Å². The van der Waals surface area contributed by atoms with Crippen molar-refractivity contribution in [3.05, 3.63) is 34.9 Å². The number of hydrogen-bond acceptors (Lipinski definition) is 6. The van der Waals surface area contributed by atoms with E-state index in [1.54, 1.807) is 7.11 Å². The van der Waals surface area contributed by atoms with E-state index in [0.29, 0.717) is 18.1 Å². The predicted octanol–water partition coefficient (Wildman–Crippen LogP) is 3.86. The molecular formula is C16H21NO5S. The van der Waals surface area contributed by atoms with Gasteiger partial charge in [-0.05, 0) is 41.8 Å². The van der Waals surface area contributed by atoms with Gasteiger partial charge in [0.15, 0.2) is 0 Å².